The summed E-state index contributed by atoms with van der Waals surface area (Å²) in [5, 5.41) is 13.6. The van der Waals surface area contributed by atoms with E-state index in [1.54, 1.807) is 36.8 Å². The minimum absolute atomic E-state index is 0.326. The number of pyridine rings is 3. The number of carbonyl (C=O) groups excluding carboxylic acids is 1. The molecule has 1 amide bonds. The van der Waals surface area contributed by atoms with Crippen molar-refractivity contribution >= 4 is 23.0 Å². The summed E-state index contributed by atoms with van der Waals surface area (Å²) in [6, 6.07) is 24.8. The van der Waals surface area contributed by atoms with Crippen molar-refractivity contribution in [3.8, 4) is 22.4 Å². The number of rotatable bonds is 7. The molecule has 0 aliphatic carbocycles. The summed E-state index contributed by atoms with van der Waals surface area (Å²) in [4.78, 5) is 38.1. The number of hydrogen-bond acceptors (Lipinski definition) is 6. The Hall–Kier alpha value is -5.11. The van der Waals surface area contributed by atoms with Crippen molar-refractivity contribution in [1.82, 2.24) is 20.3 Å². The second-order valence-electron chi connectivity index (χ2n) is 10.6. The Balaban J connectivity index is 1.57. The zero-order valence-electron chi connectivity index (χ0n) is 23.0. The van der Waals surface area contributed by atoms with Gasteiger partial charge in [-0.3, -0.25) is 14.8 Å². The van der Waals surface area contributed by atoms with Gasteiger partial charge in [-0.2, -0.15) is 0 Å². The molecular weight excluding hydrogens is 516 g/mol. The number of carboxylic acids is 1. The van der Waals surface area contributed by atoms with Crippen molar-refractivity contribution < 1.29 is 19.4 Å². The molecular formula is C33H30N4O4. The van der Waals surface area contributed by atoms with Crippen LogP contribution in [0.15, 0.2) is 97.5 Å². The molecule has 0 saturated heterocycles. The number of hydrogen-bond donors (Lipinski definition) is 2. The fraction of sp³-hybridized carbons (Fsp3) is 0.182. The van der Waals surface area contributed by atoms with Gasteiger partial charge in [-0.25, -0.2) is 9.78 Å². The molecule has 0 aliphatic heterocycles. The predicted molar refractivity (Wildman–Crippen MR) is 157 cm³/mol. The molecule has 1 atom stereocenters. The van der Waals surface area contributed by atoms with Gasteiger partial charge in [0, 0.05) is 41.6 Å². The standard InChI is InChI=1S/C33H30N4O4/c1-33(2,3)41-32(40)36-20-21-9-11-24(12-10-21)29-25(22-7-5-4-6-8-22)19-26-27(37-29)15-18-35-30(26)28(31(38)39)23-13-16-34-17-14-23/h4-19,28H,20H2,1-3H3,(H,36,40)(H,38,39). The number of fused-ring (bicyclic) bond motifs is 1. The first kappa shape index (κ1) is 27.5. The molecule has 206 valence electrons. The number of carbonyl (C=O) groups is 2. The first-order chi connectivity index (χ1) is 19.7. The van der Waals surface area contributed by atoms with Gasteiger partial charge in [0.2, 0.25) is 0 Å². The molecule has 8 nitrogen and oxygen atoms in total. The average molecular weight is 547 g/mol. The monoisotopic (exact) mass is 546 g/mol. The van der Waals surface area contributed by atoms with E-state index in [2.05, 4.69) is 15.3 Å². The van der Waals surface area contributed by atoms with Gasteiger partial charge in [-0.05, 0) is 61.7 Å². The van der Waals surface area contributed by atoms with Crippen LogP contribution in [0.2, 0.25) is 0 Å². The van der Waals surface area contributed by atoms with Crippen LogP contribution in [0.25, 0.3) is 33.3 Å². The van der Waals surface area contributed by atoms with E-state index >= 15 is 0 Å². The molecule has 3 heterocycles. The van der Waals surface area contributed by atoms with E-state index in [4.69, 9.17) is 9.72 Å². The molecule has 0 bridgehead atoms. The zero-order valence-corrected chi connectivity index (χ0v) is 23.0. The van der Waals surface area contributed by atoms with Gasteiger partial charge in [-0.1, -0.05) is 54.6 Å². The summed E-state index contributed by atoms with van der Waals surface area (Å²) in [6.45, 7) is 5.79. The molecule has 8 heteroatoms. The highest BCUT2D eigenvalue weighted by atomic mass is 16.6. The summed E-state index contributed by atoms with van der Waals surface area (Å²) in [6.07, 6.45) is 4.28. The second kappa shape index (κ2) is 11.6. The number of nitrogens with zero attached hydrogens (tertiary/aromatic N) is 3. The number of aromatic nitrogens is 3. The van der Waals surface area contributed by atoms with Crippen LogP contribution < -0.4 is 5.32 Å². The molecule has 1 unspecified atom stereocenters. The minimum atomic E-state index is -1.00. The Morgan fingerprint density at radius 3 is 2.27 bits per heavy atom. The lowest BCUT2D eigenvalue weighted by Crippen LogP contribution is -2.32. The van der Waals surface area contributed by atoms with Crippen molar-refractivity contribution in [2.45, 2.75) is 38.8 Å². The molecule has 2 N–H and O–H groups in total. The zero-order chi connectivity index (χ0) is 29.0. The van der Waals surface area contributed by atoms with Crippen LogP contribution in [0.1, 0.15) is 43.5 Å². The molecule has 0 spiro atoms. The fourth-order valence-electron chi connectivity index (χ4n) is 4.65. The molecule has 2 aromatic carbocycles. The molecule has 5 rings (SSSR count). The maximum atomic E-state index is 12.5. The van der Waals surface area contributed by atoms with Gasteiger partial charge in [0.15, 0.2) is 0 Å². The number of ether oxygens (including phenoxy) is 1. The van der Waals surface area contributed by atoms with Gasteiger partial charge in [-0.15, -0.1) is 0 Å². The Morgan fingerprint density at radius 2 is 1.61 bits per heavy atom. The third-order valence-corrected chi connectivity index (χ3v) is 6.48. The summed E-state index contributed by atoms with van der Waals surface area (Å²) in [5.41, 5.74) is 5.42. The first-order valence-corrected chi connectivity index (χ1v) is 13.2. The number of alkyl carbamates (subject to hydrolysis) is 1. The SMILES string of the molecule is CC(C)(C)OC(=O)NCc1ccc(-c2nc3ccnc(C(C(=O)O)c4ccncc4)c3cc2-c2ccccc2)cc1. The summed E-state index contributed by atoms with van der Waals surface area (Å²) >= 11 is 0. The highest BCUT2D eigenvalue weighted by Gasteiger charge is 2.27. The predicted octanol–water partition coefficient (Wildman–Crippen LogP) is 6.60. The fourth-order valence-corrected chi connectivity index (χ4v) is 4.65. The van der Waals surface area contributed by atoms with E-state index in [1.165, 1.54) is 0 Å². The molecule has 0 aliphatic rings. The van der Waals surface area contributed by atoms with E-state index in [-0.39, 0.29) is 0 Å². The van der Waals surface area contributed by atoms with Gasteiger partial charge < -0.3 is 15.2 Å². The Labute approximate surface area is 238 Å². The van der Waals surface area contributed by atoms with Crippen LogP contribution in [-0.2, 0) is 16.1 Å². The Bertz CT molecular complexity index is 1680. The lowest BCUT2D eigenvalue weighted by molar-refractivity contribution is -0.137. The smallest absolute Gasteiger partial charge is 0.407 e. The van der Waals surface area contributed by atoms with E-state index in [1.807, 2.05) is 81.4 Å². The third kappa shape index (κ3) is 6.38. The highest BCUT2D eigenvalue weighted by molar-refractivity contribution is 5.95. The van der Waals surface area contributed by atoms with Crippen LogP contribution in [0.4, 0.5) is 4.79 Å². The van der Waals surface area contributed by atoms with Crippen LogP contribution in [-0.4, -0.2) is 37.7 Å². The number of nitrogens with one attached hydrogen (secondary N) is 1. The molecule has 41 heavy (non-hydrogen) atoms. The lowest BCUT2D eigenvalue weighted by atomic mass is 9.91. The van der Waals surface area contributed by atoms with Crippen LogP contribution >= 0.6 is 0 Å². The highest BCUT2D eigenvalue weighted by Crippen LogP contribution is 2.36. The summed E-state index contributed by atoms with van der Waals surface area (Å²) in [7, 11) is 0. The van der Waals surface area contributed by atoms with Gasteiger partial charge in [0.25, 0.3) is 0 Å². The van der Waals surface area contributed by atoms with E-state index in [9.17, 15) is 14.7 Å². The van der Waals surface area contributed by atoms with Crippen molar-refractivity contribution in [3.05, 3.63) is 114 Å². The second-order valence-corrected chi connectivity index (χ2v) is 10.6. The van der Waals surface area contributed by atoms with Crippen LogP contribution in [0.5, 0.6) is 0 Å². The number of aliphatic carboxylic acids is 1. The maximum absolute atomic E-state index is 12.5. The average Bonchev–Trinajstić information content (AvgIpc) is 2.96. The Morgan fingerprint density at radius 1 is 0.902 bits per heavy atom. The van der Waals surface area contributed by atoms with Crippen molar-refractivity contribution in [1.29, 1.82) is 0 Å². The van der Waals surface area contributed by atoms with Crippen LogP contribution in [0.3, 0.4) is 0 Å². The summed E-state index contributed by atoms with van der Waals surface area (Å²) < 4.78 is 5.32. The maximum Gasteiger partial charge on any atom is 0.407 e. The summed E-state index contributed by atoms with van der Waals surface area (Å²) in [5.74, 6) is -1.98. The lowest BCUT2D eigenvalue weighted by Gasteiger charge is -2.19. The largest absolute Gasteiger partial charge is 0.480 e. The minimum Gasteiger partial charge on any atom is -0.480 e. The molecule has 0 saturated carbocycles. The van der Waals surface area contributed by atoms with Crippen molar-refractivity contribution in [2.24, 2.45) is 0 Å². The van der Waals surface area contributed by atoms with E-state index in [0.717, 1.165) is 27.9 Å². The van der Waals surface area contributed by atoms with Crippen molar-refractivity contribution in [3.63, 3.8) is 0 Å². The number of carboxylic acid groups (broad SMARTS) is 1. The normalized spacial score (nSPS) is 12.1. The van der Waals surface area contributed by atoms with Gasteiger partial charge in [0.1, 0.15) is 11.5 Å². The van der Waals surface area contributed by atoms with E-state index < -0.39 is 23.6 Å². The molecule has 0 fully saturated rings. The van der Waals surface area contributed by atoms with E-state index in [0.29, 0.717) is 28.7 Å². The number of benzene rings is 2. The van der Waals surface area contributed by atoms with Gasteiger partial charge >= 0.3 is 12.1 Å². The van der Waals surface area contributed by atoms with Gasteiger partial charge in [0.05, 0.1) is 16.9 Å². The topological polar surface area (TPSA) is 114 Å². The molecule has 5 aromatic rings. The van der Waals surface area contributed by atoms with Crippen LogP contribution in [0, 0.1) is 0 Å². The first-order valence-electron chi connectivity index (χ1n) is 13.2. The Kier molecular flexibility index (Phi) is 7.74. The number of amides is 1. The molecule has 3 aromatic heterocycles. The van der Waals surface area contributed by atoms with Crippen molar-refractivity contribution in [2.75, 3.05) is 0 Å². The third-order valence-electron chi connectivity index (χ3n) is 6.48. The quantitative estimate of drug-likeness (QED) is 0.236. The molecule has 0 radical (unpaired) electrons.